The van der Waals surface area contributed by atoms with Crippen molar-refractivity contribution in [1.29, 1.82) is 0 Å². The molecule has 0 aromatic carbocycles. The Kier molecular flexibility index (Phi) is 2.74. The Balaban J connectivity index is 2.18. The Labute approximate surface area is 83.5 Å². The lowest BCUT2D eigenvalue weighted by molar-refractivity contribution is 0.467. The fraction of sp³-hybridized carbons (Fsp3) is 0.400. The molecule has 4 heteroatoms. The molecular weight excluding hydrogens is 176 g/mol. The Hall–Kier alpha value is -1.42. The predicted molar refractivity (Wildman–Crippen MR) is 56.3 cm³/mol. The van der Waals surface area contributed by atoms with E-state index in [0.717, 1.165) is 31.2 Å². The number of pyridine rings is 1. The molecule has 1 aromatic heterocycles. The summed E-state index contributed by atoms with van der Waals surface area (Å²) in [5, 5.41) is 0. The summed E-state index contributed by atoms with van der Waals surface area (Å²) in [6.07, 6.45) is 1.79. The van der Waals surface area contributed by atoms with Crippen molar-refractivity contribution in [1.82, 2.24) is 9.88 Å². The van der Waals surface area contributed by atoms with Gasteiger partial charge in [-0.2, -0.15) is 0 Å². The van der Waals surface area contributed by atoms with Gasteiger partial charge in [-0.1, -0.05) is 6.07 Å². The highest BCUT2D eigenvalue weighted by atomic mass is 15.2. The summed E-state index contributed by atoms with van der Waals surface area (Å²) in [5.74, 6) is 0.982. The molecule has 14 heavy (non-hydrogen) atoms. The molecule has 0 aliphatic carbocycles. The first-order valence-electron chi connectivity index (χ1n) is 4.82. The minimum Gasteiger partial charge on any atom is -0.352 e. The molecule has 4 nitrogen and oxygen atoms in total. The fourth-order valence-electron chi connectivity index (χ4n) is 1.59. The highest BCUT2D eigenvalue weighted by Crippen LogP contribution is 2.07. The van der Waals surface area contributed by atoms with Gasteiger partial charge in [0, 0.05) is 25.8 Å². The van der Waals surface area contributed by atoms with Crippen LogP contribution in [0, 0.1) is 0 Å². The molecule has 2 N–H and O–H groups in total. The van der Waals surface area contributed by atoms with Crippen LogP contribution in [0.4, 0.5) is 0 Å². The number of aromatic nitrogens is 1. The lowest BCUT2D eigenvalue weighted by Crippen LogP contribution is -2.33. The van der Waals surface area contributed by atoms with Gasteiger partial charge in [0.2, 0.25) is 0 Å². The van der Waals surface area contributed by atoms with Crippen molar-refractivity contribution >= 4 is 5.84 Å². The van der Waals surface area contributed by atoms with Gasteiger partial charge in [0.1, 0.15) is 11.5 Å². The number of hydrogen-bond donors (Lipinski definition) is 1. The fourth-order valence-corrected chi connectivity index (χ4v) is 1.59. The van der Waals surface area contributed by atoms with E-state index in [1.807, 2.05) is 18.2 Å². The Morgan fingerprint density at radius 1 is 1.43 bits per heavy atom. The maximum Gasteiger partial charge on any atom is 0.150 e. The van der Waals surface area contributed by atoms with Crippen LogP contribution in [0.25, 0.3) is 0 Å². The molecule has 0 bridgehead atoms. The monoisotopic (exact) mass is 190 g/mol. The van der Waals surface area contributed by atoms with Crippen LogP contribution in [-0.2, 0) is 0 Å². The SMILES string of the molecule is NCCN1CCN=C1c1ccccn1. The molecule has 0 saturated carbocycles. The van der Waals surface area contributed by atoms with E-state index in [4.69, 9.17) is 5.73 Å². The van der Waals surface area contributed by atoms with Gasteiger partial charge in [-0.15, -0.1) is 0 Å². The minimum atomic E-state index is 0.659. The molecule has 0 fully saturated rings. The largest absolute Gasteiger partial charge is 0.352 e. The maximum atomic E-state index is 5.53. The molecule has 0 radical (unpaired) electrons. The highest BCUT2D eigenvalue weighted by Gasteiger charge is 2.17. The van der Waals surface area contributed by atoms with Crippen molar-refractivity contribution in [2.24, 2.45) is 10.7 Å². The molecule has 2 rings (SSSR count). The first kappa shape index (κ1) is 9.15. The van der Waals surface area contributed by atoms with E-state index in [9.17, 15) is 0 Å². The average molecular weight is 190 g/mol. The van der Waals surface area contributed by atoms with Crippen LogP contribution in [0.2, 0.25) is 0 Å². The average Bonchev–Trinajstić information content (AvgIpc) is 2.68. The molecule has 0 spiro atoms. The number of rotatable bonds is 3. The molecule has 2 heterocycles. The minimum absolute atomic E-state index is 0.659. The standard InChI is InChI=1S/C10H14N4/c11-4-7-14-8-6-13-10(14)9-3-1-2-5-12-9/h1-3,5H,4,6-8,11H2. The smallest absolute Gasteiger partial charge is 0.150 e. The van der Waals surface area contributed by atoms with Crippen LogP contribution in [0.15, 0.2) is 29.4 Å². The molecule has 0 amide bonds. The van der Waals surface area contributed by atoms with Crippen LogP contribution in [0.1, 0.15) is 5.69 Å². The third-order valence-electron chi connectivity index (χ3n) is 2.22. The van der Waals surface area contributed by atoms with Crippen molar-refractivity contribution < 1.29 is 0 Å². The van der Waals surface area contributed by atoms with Gasteiger partial charge in [0.15, 0.2) is 0 Å². The quantitative estimate of drug-likeness (QED) is 0.735. The van der Waals surface area contributed by atoms with Gasteiger partial charge in [0.05, 0.1) is 6.54 Å². The summed E-state index contributed by atoms with van der Waals surface area (Å²) < 4.78 is 0. The van der Waals surface area contributed by atoms with Gasteiger partial charge in [-0.3, -0.25) is 9.98 Å². The van der Waals surface area contributed by atoms with E-state index >= 15 is 0 Å². The van der Waals surface area contributed by atoms with Gasteiger partial charge in [-0.25, -0.2) is 0 Å². The second kappa shape index (κ2) is 4.19. The van der Waals surface area contributed by atoms with E-state index in [2.05, 4.69) is 14.9 Å². The van der Waals surface area contributed by atoms with Crippen LogP contribution in [-0.4, -0.2) is 41.9 Å². The first-order valence-corrected chi connectivity index (χ1v) is 4.82. The van der Waals surface area contributed by atoms with Crippen molar-refractivity contribution in [2.75, 3.05) is 26.2 Å². The molecule has 1 aromatic rings. The number of nitrogens with two attached hydrogens (primary N) is 1. The normalized spacial score (nSPS) is 15.8. The predicted octanol–water partition coefficient (Wildman–Crippen LogP) is 0.102. The summed E-state index contributed by atoms with van der Waals surface area (Å²) in [6.45, 7) is 3.33. The maximum absolute atomic E-state index is 5.53. The van der Waals surface area contributed by atoms with E-state index in [0.29, 0.717) is 6.54 Å². The highest BCUT2D eigenvalue weighted by molar-refractivity contribution is 5.98. The summed E-state index contributed by atoms with van der Waals surface area (Å²) in [5.41, 5.74) is 6.47. The van der Waals surface area contributed by atoms with Crippen molar-refractivity contribution in [3.63, 3.8) is 0 Å². The molecule has 74 valence electrons. The zero-order valence-electron chi connectivity index (χ0n) is 8.06. The number of nitrogens with zero attached hydrogens (tertiary/aromatic N) is 3. The summed E-state index contributed by atoms with van der Waals surface area (Å²) >= 11 is 0. The second-order valence-corrected chi connectivity index (χ2v) is 3.20. The van der Waals surface area contributed by atoms with Crippen LogP contribution < -0.4 is 5.73 Å². The van der Waals surface area contributed by atoms with Gasteiger partial charge < -0.3 is 10.6 Å². The Morgan fingerprint density at radius 2 is 2.36 bits per heavy atom. The van der Waals surface area contributed by atoms with E-state index in [1.165, 1.54) is 0 Å². The third-order valence-corrected chi connectivity index (χ3v) is 2.22. The van der Waals surface area contributed by atoms with E-state index in [-0.39, 0.29) is 0 Å². The van der Waals surface area contributed by atoms with E-state index < -0.39 is 0 Å². The number of amidine groups is 1. The topological polar surface area (TPSA) is 54.5 Å². The van der Waals surface area contributed by atoms with Gasteiger partial charge in [-0.05, 0) is 12.1 Å². The lowest BCUT2D eigenvalue weighted by atomic mass is 10.3. The summed E-state index contributed by atoms with van der Waals surface area (Å²) in [6, 6.07) is 5.86. The van der Waals surface area contributed by atoms with Crippen molar-refractivity contribution in [3.05, 3.63) is 30.1 Å². The molecule has 1 aliphatic rings. The van der Waals surface area contributed by atoms with E-state index in [1.54, 1.807) is 6.20 Å². The van der Waals surface area contributed by atoms with Crippen LogP contribution >= 0.6 is 0 Å². The zero-order chi connectivity index (χ0) is 9.80. The third kappa shape index (κ3) is 1.75. The Bertz CT molecular complexity index is 320. The second-order valence-electron chi connectivity index (χ2n) is 3.20. The zero-order valence-corrected chi connectivity index (χ0v) is 8.06. The van der Waals surface area contributed by atoms with Crippen molar-refractivity contribution in [3.8, 4) is 0 Å². The molecule has 0 atom stereocenters. The molecule has 1 aliphatic heterocycles. The Morgan fingerprint density at radius 3 is 3.07 bits per heavy atom. The van der Waals surface area contributed by atoms with Gasteiger partial charge in [0.25, 0.3) is 0 Å². The number of aliphatic imine (C=N–C) groups is 1. The van der Waals surface area contributed by atoms with Crippen LogP contribution in [0.5, 0.6) is 0 Å². The molecule has 0 unspecified atom stereocenters. The van der Waals surface area contributed by atoms with Crippen LogP contribution in [0.3, 0.4) is 0 Å². The summed E-state index contributed by atoms with van der Waals surface area (Å²) in [7, 11) is 0. The van der Waals surface area contributed by atoms with Gasteiger partial charge >= 0.3 is 0 Å². The molecule has 0 saturated heterocycles. The van der Waals surface area contributed by atoms with Crippen molar-refractivity contribution in [2.45, 2.75) is 0 Å². The molecular formula is C10H14N4. The first-order chi connectivity index (χ1) is 6.92. The summed E-state index contributed by atoms with van der Waals surface area (Å²) in [4.78, 5) is 10.9. The number of hydrogen-bond acceptors (Lipinski definition) is 4. The lowest BCUT2D eigenvalue weighted by Gasteiger charge is -2.18.